The number of benzene rings is 1. The van der Waals surface area contributed by atoms with E-state index in [9.17, 15) is 4.79 Å². The molecule has 21 heavy (non-hydrogen) atoms. The van der Waals surface area contributed by atoms with Crippen LogP contribution in [0.5, 0.6) is 0 Å². The molecule has 5 nitrogen and oxygen atoms in total. The fourth-order valence-corrected chi connectivity index (χ4v) is 2.86. The number of anilines is 2. The van der Waals surface area contributed by atoms with Gasteiger partial charge in [-0.1, -0.05) is 6.07 Å². The molecular formula is C16H20N4O. The number of para-hydroxylation sites is 1. The van der Waals surface area contributed by atoms with Gasteiger partial charge in [-0.3, -0.25) is 4.79 Å². The Hall–Kier alpha value is -2.22. The number of hydrogen-bond acceptors (Lipinski definition) is 4. The normalized spacial score (nSPS) is 21.1. The van der Waals surface area contributed by atoms with Crippen molar-refractivity contribution < 1.29 is 4.79 Å². The highest BCUT2D eigenvalue weighted by Gasteiger charge is 2.36. The number of rotatable bonds is 4. The zero-order valence-corrected chi connectivity index (χ0v) is 12.0. The van der Waals surface area contributed by atoms with E-state index < -0.39 is 0 Å². The highest BCUT2D eigenvalue weighted by atomic mass is 16.2. The van der Waals surface area contributed by atoms with Crippen LogP contribution in [0.1, 0.15) is 24.8 Å². The summed E-state index contributed by atoms with van der Waals surface area (Å²) < 4.78 is 0. The maximum atomic E-state index is 12.0. The van der Waals surface area contributed by atoms with E-state index in [0.29, 0.717) is 29.0 Å². The van der Waals surface area contributed by atoms with Crippen molar-refractivity contribution >= 4 is 17.3 Å². The molecule has 5 heteroatoms. The first-order valence-corrected chi connectivity index (χ1v) is 7.50. The van der Waals surface area contributed by atoms with E-state index in [2.05, 4.69) is 11.4 Å². The monoisotopic (exact) mass is 284 g/mol. The highest BCUT2D eigenvalue weighted by Crippen LogP contribution is 2.33. The van der Waals surface area contributed by atoms with Gasteiger partial charge in [-0.2, -0.15) is 5.26 Å². The quantitative estimate of drug-likeness (QED) is 0.826. The number of carbonyl (C=O) groups excluding carboxylic acids is 1. The molecule has 0 bridgehead atoms. The summed E-state index contributed by atoms with van der Waals surface area (Å²) in [7, 11) is 0. The first kappa shape index (κ1) is 13.7. The number of nitrogens with two attached hydrogens (primary N) is 1. The van der Waals surface area contributed by atoms with Crippen LogP contribution in [0.2, 0.25) is 0 Å². The van der Waals surface area contributed by atoms with E-state index in [-0.39, 0.29) is 0 Å². The van der Waals surface area contributed by atoms with Gasteiger partial charge in [0.25, 0.3) is 0 Å². The second-order valence-corrected chi connectivity index (χ2v) is 5.97. The van der Waals surface area contributed by atoms with Crippen LogP contribution in [-0.2, 0) is 4.79 Å². The van der Waals surface area contributed by atoms with Crippen LogP contribution in [0, 0.1) is 23.2 Å². The molecule has 110 valence electrons. The lowest BCUT2D eigenvalue weighted by Gasteiger charge is -2.17. The predicted molar refractivity (Wildman–Crippen MR) is 81.5 cm³/mol. The molecule has 1 atom stereocenters. The summed E-state index contributed by atoms with van der Waals surface area (Å²) >= 11 is 0. The number of nitriles is 1. The fraction of sp³-hybridized carbons (Fsp3) is 0.500. The molecule has 2 aliphatic rings. The van der Waals surface area contributed by atoms with Crippen molar-refractivity contribution in [2.75, 3.05) is 30.7 Å². The average molecular weight is 284 g/mol. The molecule has 2 fully saturated rings. The van der Waals surface area contributed by atoms with Crippen LogP contribution in [0.15, 0.2) is 18.2 Å². The molecule has 1 aliphatic heterocycles. The van der Waals surface area contributed by atoms with Gasteiger partial charge in [0.1, 0.15) is 6.07 Å². The van der Waals surface area contributed by atoms with Crippen LogP contribution in [0.25, 0.3) is 0 Å². The molecule has 1 aromatic carbocycles. The van der Waals surface area contributed by atoms with E-state index in [1.807, 2.05) is 17.0 Å². The number of amides is 1. The van der Waals surface area contributed by atoms with Gasteiger partial charge in [0.2, 0.25) is 5.91 Å². The lowest BCUT2D eigenvalue weighted by Crippen LogP contribution is -2.30. The first-order chi connectivity index (χ1) is 10.2. The molecule has 1 heterocycles. The summed E-state index contributed by atoms with van der Waals surface area (Å²) in [5.41, 5.74) is 7.76. The molecule has 0 unspecified atom stereocenters. The topological polar surface area (TPSA) is 82.2 Å². The molecule has 1 amide bonds. The fourth-order valence-electron chi connectivity index (χ4n) is 2.86. The smallest absolute Gasteiger partial charge is 0.225 e. The second kappa shape index (κ2) is 5.65. The highest BCUT2D eigenvalue weighted by molar-refractivity contribution is 5.81. The van der Waals surface area contributed by atoms with Crippen molar-refractivity contribution in [1.29, 1.82) is 5.26 Å². The third-order valence-corrected chi connectivity index (χ3v) is 4.33. The maximum absolute atomic E-state index is 12.0. The first-order valence-electron chi connectivity index (χ1n) is 7.50. The Kier molecular flexibility index (Phi) is 3.70. The average Bonchev–Trinajstić information content (AvgIpc) is 3.24. The summed E-state index contributed by atoms with van der Waals surface area (Å²) in [6, 6.07) is 7.52. The van der Waals surface area contributed by atoms with Crippen molar-refractivity contribution in [2.45, 2.75) is 19.3 Å². The molecule has 1 aromatic rings. The van der Waals surface area contributed by atoms with Crippen molar-refractivity contribution in [3.8, 4) is 6.07 Å². The molecule has 1 aliphatic carbocycles. The lowest BCUT2D eigenvalue weighted by atomic mass is 10.1. The van der Waals surface area contributed by atoms with Crippen LogP contribution in [0.4, 0.5) is 11.4 Å². The van der Waals surface area contributed by atoms with E-state index in [1.165, 1.54) is 0 Å². The van der Waals surface area contributed by atoms with Gasteiger partial charge in [0, 0.05) is 25.6 Å². The molecule has 1 saturated heterocycles. The summed E-state index contributed by atoms with van der Waals surface area (Å²) in [5, 5.41) is 12.3. The maximum Gasteiger partial charge on any atom is 0.225 e. The zero-order valence-electron chi connectivity index (χ0n) is 12.0. The molecule has 0 spiro atoms. The summed E-state index contributed by atoms with van der Waals surface area (Å²) in [5.74, 6) is 1.10. The number of nitrogen functional groups attached to an aromatic ring is 1. The van der Waals surface area contributed by atoms with Crippen molar-refractivity contribution in [3.05, 3.63) is 23.8 Å². The van der Waals surface area contributed by atoms with Crippen LogP contribution in [-0.4, -0.2) is 30.4 Å². The van der Waals surface area contributed by atoms with E-state index >= 15 is 0 Å². The molecule has 3 N–H and O–H groups in total. The van der Waals surface area contributed by atoms with Gasteiger partial charge in [-0.15, -0.1) is 0 Å². The zero-order chi connectivity index (χ0) is 14.8. The molecule has 3 rings (SSSR count). The number of likely N-dealkylation sites (tertiary alicyclic amines) is 1. The number of nitrogens with zero attached hydrogens (tertiary/aromatic N) is 2. The Morgan fingerprint density at radius 3 is 2.95 bits per heavy atom. The van der Waals surface area contributed by atoms with Gasteiger partial charge >= 0.3 is 0 Å². The van der Waals surface area contributed by atoms with Gasteiger partial charge in [0.05, 0.1) is 16.9 Å². The SMILES string of the molecule is N#Cc1cccc(NC[C@@H]2CCN(C(=O)C3CC3)C2)c1N. The Labute approximate surface area is 124 Å². The van der Waals surface area contributed by atoms with E-state index in [4.69, 9.17) is 11.0 Å². The summed E-state index contributed by atoms with van der Waals surface area (Å²) in [6.07, 6.45) is 3.16. The second-order valence-electron chi connectivity index (χ2n) is 5.97. The Bertz CT molecular complexity index is 588. The third kappa shape index (κ3) is 2.94. The van der Waals surface area contributed by atoms with Crippen LogP contribution in [0.3, 0.4) is 0 Å². The van der Waals surface area contributed by atoms with Crippen molar-refractivity contribution in [2.24, 2.45) is 11.8 Å². The Morgan fingerprint density at radius 2 is 2.24 bits per heavy atom. The van der Waals surface area contributed by atoms with Crippen molar-refractivity contribution in [1.82, 2.24) is 4.90 Å². The predicted octanol–water partition coefficient (Wildman–Crippen LogP) is 1.81. The van der Waals surface area contributed by atoms with E-state index in [0.717, 1.165) is 44.6 Å². The largest absolute Gasteiger partial charge is 0.396 e. The number of hydrogen-bond donors (Lipinski definition) is 2. The van der Waals surface area contributed by atoms with Gasteiger partial charge in [0.15, 0.2) is 0 Å². The van der Waals surface area contributed by atoms with Crippen LogP contribution >= 0.6 is 0 Å². The standard InChI is InChI=1S/C16H20N4O/c17-8-13-2-1-3-14(15(13)18)19-9-11-6-7-20(10-11)16(21)12-4-5-12/h1-3,11-12,19H,4-7,9-10,18H2/t11-/m0/s1. The minimum absolute atomic E-state index is 0.305. The van der Waals surface area contributed by atoms with E-state index in [1.54, 1.807) is 6.07 Å². The van der Waals surface area contributed by atoms with Gasteiger partial charge < -0.3 is 16.0 Å². The summed E-state index contributed by atoms with van der Waals surface area (Å²) in [4.78, 5) is 14.0. The Balaban J connectivity index is 1.54. The summed E-state index contributed by atoms with van der Waals surface area (Å²) in [6.45, 7) is 2.49. The third-order valence-electron chi connectivity index (χ3n) is 4.33. The number of nitrogens with one attached hydrogen (secondary N) is 1. The molecule has 0 radical (unpaired) electrons. The van der Waals surface area contributed by atoms with Gasteiger partial charge in [-0.05, 0) is 37.3 Å². The Morgan fingerprint density at radius 1 is 1.43 bits per heavy atom. The minimum atomic E-state index is 0.305. The lowest BCUT2D eigenvalue weighted by molar-refractivity contribution is -0.131. The van der Waals surface area contributed by atoms with Crippen molar-refractivity contribution in [3.63, 3.8) is 0 Å². The minimum Gasteiger partial charge on any atom is -0.396 e. The number of carbonyl (C=O) groups is 1. The molecule has 1 saturated carbocycles. The van der Waals surface area contributed by atoms with Gasteiger partial charge in [-0.25, -0.2) is 0 Å². The van der Waals surface area contributed by atoms with Crippen LogP contribution < -0.4 is 11.1 Å². The molecule has 0 aromatic heterocycles. The molecular weight excluding hydrogens is 264 g/mol.